The molecule has 6 heteroatoms. The van der Waals surface area contributed by atoms with E-state index in [0.29, 0.717) is 5.92 Å². The van der Waals surface area contributed by atoms with Gasteiger partial charge in [0.25, 0.3) is 0 Å². The van der Waals surface area contributed by atoms with Gasteiger partial charge in [0.2, 0.25) is 0 Å². The smallest absolute Gasteiger partial charge is 0.133 e. The normalized spacial score (nSPS) is 34.4. The van der Waals surface area contributed by atoms with Gasteiger partial charge in [0.15, 0.2) is 0 Å². The van der Waals surface area contributed by atoms with E-state index in [0.717, 1.165) is 48.9 Å². The van der Waals surface area contributed by atoms with Crippen LogP contribution in [0.15, 0.2) is 126 Å². The Morgan fingerprint density at radius 2 is 1.76 bits per heavy atom. The third kappa shape index (κ3) is 3.92. The lowest BCUT2D eigenvalue weighted by Crippen LogP contribution is -2.58. The molecular formula is C39H40N4O2. The highest BCUT2D eigenvalue weighted by atomic mass is 16.5. The fraction of sp³-hybridized carbons (Fsp3) is 0.333. The molecule has 4 N–H and O–H groups in total. The quantitative estimate of drug-likeness (QED) is 0.371. The fourth-order valence-electron chi connectivity index (χ4n) is 9.25. The zero-order valence-electron chi connectivity index (χ0n) is 25.6. The molecule has 3 aliphatic carbocycles. The van der Waals surface area contributed by atoms with Gasteiger partial charge in [-0.2, -0.15) is 0 Å². The SMILES string of the molecule is C/C=C\C1=C(N)N(c2ccc3c(c2)Oc2ccccc2C32C3C=CC=CC3OC3C=C(C4NCCN4)C=CC32)C2C=CCCC12. The Kier molecular flexibility index (Phi) is 6.34. The van der Waals surface area contributed by atoms with Crippen LogP contribution in [0.3, 0.4) is 0 Å². The van der Waals surface area contributed by atoms with Crippen LogP contribution in [0.25, 0.3) is 0 Å². The van der Waals surface area contributed by atoms with Crippen LogP contribution in [0.1, 0.15) is 30.9 Å². The van der Waals surface area contributed by atoms with Crippen molar-refractivity contribution in [3.8, 4) is 11.5 Å². The first kappa shape index (κ1) is 27.2. The zero-order valence-corrected chi connectivity index (χ0v) is 25.6. The lowest BCUT2D eigenvalue weighted by molar-refractivity contribution is -0.0843. The minimum absolute atomic E-state index is 0.0582. The standard InChI is InChI=1S/C39H40N4O2/c1-2-9-27-26-10-3-6-13-32(26)43(37(27)40)25-17-19-31-36(23-25)45-34-15-8-5-12-29(34)39(31)28-11-4-7-14-33(28)44-35-22-24(16-18-30(35)39)38-41-20-21-42-38/h2,4-9,11-19,22-23,26,28,30,32-33,35,38,41-42H,3,10,20-21,40H2,1H3/b9-2-. The van der Waals surface area contributed by atoms with Gasteiger partial charge in [-0.1, -0.05) is 85.0 Å². The van der Waals surface area contributed by atoms with Crippen molar-refractivity contribution in [3.05, 3.63) is 137 Å². The van der Waals surface area contributed by atoms with Crippen LogP contribution < -0.4 is 26.0 Å². The molecule has 6 nitrogen and oxygen atoms in total. The zero-order chi connectivity index (χ0) is 30.1. The second-order valence-corrected chi connectivity index (χ2v) is 13.2. The van der Waals surface area contributed by atoms with E-state index in [9.17, 15) is 0 Å². The maximum absolute atomic E-state index is 6.95. The third-order valence-electron chi connectivity index (χ3n) is 11.0. The first-order valence-electron chi connectivity index (χ1n) is 16.6. The average Bonchev–Trinajstić information content (AvgIpc) is 3.71. The summed E-state index contributed by atoms with van der Waals surface area (Å²) in [6.45, 7) is 4.01. The number of ether oxygens (including phenoxy) is 2. The van der Waals surface area contributed by atoms with Crippen LogP contribution in [0, 0.1) is 17.8 Å². The number of benzene rings is 2. The summed E-state index contributed by atoms with van der Waals surface area (Å²) in [6, 6.07) is 15.7. The van der Waals surface area contributed by atoms with Crippen LogP contribution in [0.2, 0.25) is 0 Å². The van der Waals surface area contributed by atoms with Crippen LogP contribution in [0.4, 0.5) is 5.69 Å². The molecule has 0 bridgehead atoms. The second-order valence-electron chi connectivity index (χ2n) is 13.2. The summed E-state index contributed by atoms with van der Waals surface area (Å²) in [5.41, 5.74) is 12.6. The van der Waals surface area contributed by atoms with Crippen molar-refractivity contribution in [2.24, 2.45) is 23.5 Å². The van der Waals surface area contributed by atoms with E-state index in [-0.39, 0.29) is 41.7 Å². The Bertz CT molecular complexity index is 1760. The number of anilines is 1. The summed E-state index contributed by atoms with van der Waals surface area (Å²) in [4.78, 5) is 2.32. The van der Waals surface area contributed by atoms with E-state index in [1.165, 1.54) is 22.3 Å². The van der Waals surface area contributed by atoms with Crippen molar-refractivity contribution in [3.63, 3.8) is 0 Å². The predicted molar refractivity (Wildman–Crippen MR) is 179 cm³/mol. The Labute approximate surface area is 265 Å². The monoisotopic (exact) mass is 596 g/mol. The maximum Gasteiger partial charge on any atom is 0.133 e. The van der Waals surface area contributed by atoms with Crippen molar-refractivity contribution in [1.29, 1.82) is 0 Å². The van der Waals surface area contributed by atoms with E-state index in [4.69, 9.17) is 15.2 Å². The molecule has 0 saturated carbocycles. The first-order valence-corrected chi connectivity index (χ1v) is 16.6. The van der Waals surface area contributed by atoms with E-state index in [1.807, 2.05) is 0 Å². The number of nitrogens with zero attached hydrogens (tertiary/aromatic N) is 1. The highest BCUT2D eigenvalue weighted by molar-refractivity contribution is 5.69. The number of nitrogens with two attached hydrogens (primary N) is 1. The largest absolute Gasteiger partial charge is 0.457 e. The molecular weight excluding hydrogens is 556 g/mol. The molecule has 2 aromatic rings. The average molecular weight is 597 g/mol. The third-order valence-corrected chi connectivity index (χ3v) is 11.0. The highest BCUT2D eigenvalue weighted by Crippen LogP contribution is 2.62. The van der Waals surface area contributed by atoms with Crippen molar-refractivity contribution < 1.29 is 9.47 Å². The van der Waals surface area contributed by atoms with Gasteiger partial charge >= 0.3 is 0 Å². The first-order chi connectivity index (χ1) is 22.2. The molecule has 2 aromatic carbocycles. The van der Waals surface area contributed by atoms with Crippen LogP contribution in [-0.2, 0) is 10.2 Å². The number of hydrogen-bond acceptors (Lipinski definition) is 6. The molecule has 4 aliphatic heterocycles. The van der Waals surface area contributed by atoms with Crippen molar-refractivity contribution in [2.75, 3.05) is 18.0 Å². The highest BCUT2D eigenvalue weighted by Gasteiger charge is 2.59. The molecule has 4 heterocycles. The Hall–Kier alpha value is -4.10. The fourth-order valence-corrected chi connectivity index (χ4v) is 9.25. The predicted octanol–water partition coefficient (Wildman–Crippen LogP) is 6.12. The Morgan fingerprint density at radius 1 is 0.933 bits per heavy atom. The number of para-hydroxylation sites is 1. The summed E-state index contributed by atoms with van der Waals surface area (Å²) < 4.78 is 13.8. The van der Waals surface area contributed by atoms with Gasteiger partial charge in [0, 0.05) is 59.1 Å². The van der Waals surface area contributed by atoms with Gasteiger partial charge in [0.1, 0.15) is 17.3 Å². The summed E-state index contributed by atoms with van der Waals surface area (Å²) in [5, 5.41) is 7.18. The molecule has 45 heavy (non-hydrogen) atoms. The van der Waals surface area contributed by atoms with Gasteiger partial charge in [-0.15, -0.1) is 0 Å². The van der Waals surface area contributed by atoms with E-state index < -0.39 is 0 Å². The minimum atomic E-state index is -0.387. The number of allylic oxidation sites excluding steroid dienone is 5. The van der Waals surface area contributed by atoms with E-state index >= 15 is 0 Å². The molecule has 7 aliphatic rings. The van der Waals surface area contributed by atoms with Crippen LogP contribution >= 0.6 is 0 Å². The number of rotatable bonds is 3. The summed E-state index contributed by atoms with van der Waals surface area (Å²) >= 11 is 0. The molecule has 0 amide bonds. The molecule has 0 aromatic heterocycles. The van der Waals surface area contributed by atoms with Crippen LogP contribution in [-0.4, -0.2) is 37.5 Å². The van der Waals surface area contributed by atoms with Crippen LogP contribution in [0.5, 0.6) is 11.5 Å². The van der Waals surface area contributed by atoms with Gasteiger partial charge in [-0.3, -0.25) is 10.6 Å². The lowest BCUT2D eigenvalue weighted by atomic mass is 9.52. The lowest BCUT2D eigenvalue weighted by Gasteiger charge is -2.57. The summed E-state index contributed by atoms with van der Waals surface area (Å²) in [7, 11) is 0. The number of hydrogen-bond donors (Lipinski definition) is 3. The topological polar surface area (TPSA) is 71.8 Å². The minimum Gasteiger partial charge on any atom is -0.457 e. The van der Waals surface area contributed by atoms with Gasteiger partial charge in [0.05, 0.1) is 24.4 Å². The molecule has 228 valence electrons. The molecule has 9 rings (SSSR count). The second kappa shape index (κ2) is 10.5. The van der Waals surface area contributed by atoms with Crippen molar-refractivity contribution in [1.82, 2.24) is 10.6 Å². The number of nitrogens with one attached hydrogen (secondary N) is 2. The van der Waals surface area contributed by atoms with Gasteiger partial charge < -0.3 is 20.1 Å². The van der Waals surface area contributed by atoms with Crippen molar-refractivity contribution >= 4 is 5.69 Å². The molecule has 1 spiro atoms. The molecule has 0 radical (unpaired) electrons. The number of fused-ring (bicyclic) bond motifs is 9. The van der Waals surface area contributed by atoms with Crippen molar-refractivity contribution in [2.45, 2.75) is 49.6 Å². The van der Waals surface area contributed by atoms with Gasteiger partial charge in [-0.25, -0.2) is 0 Å². The van der Waals surface area contributed by atoms with E-state index in [1.54, 1.807) is 0 Å². The molecule has 2 saturated heterocycles. The Balaban J connectivity index is 1.22. The summed E-state index contributed by atoms with van der Waals surface area (Å²) in [6.07, 6.45) is 27.1. The summed E-state index contributed by atoms with van der Waals surface area (Å²) in [5.74, 6) is 3.24. The van der Waals surface area contributed by atoms with E-state index in [2.05, 4.69) is 132 Å². The maximum atomic E-state index is 6.95. The van der Waals surface area contributed by atoms with Gasteiger partial charge in [-0.05, 0) is 49.1 Å². The molecule has 2 fully saturated rings. The Morgan fingerprint density at radius 3 is 2.64 bits per heavy atom. The molecule has 7 atom stereocenters. The molecule has 7 unspecified atom stereocenters.